The highest BCUT2D eigenvalue weighted by Gasteiger charge is 2.18. The summed E-state index contributed by atoms with van der Waals surface area (Å²) in [6.45, 7) is -0.0666. The quantitative estimate of drug-likeness (QED) is 0.577. The highest BCUT2D eigenvalue weighted by molar-refractivity contribution is 7.91. The van der Waals surface area contributed by atoms with Gasteiger partial charge in [0.15, 0.2) is 0 Å². The summed E-state index contributed by atoms with van der Waals surface area (Å²) in [6, 6.07) is 0. The Labute approximate surface area is 97.2 Å². The van der Waals surface area contributed by atoms with E-state index in [1.807, 2.05) is 0 Å². The molecule has 0 aliphatic heterocycles. The molecule has 0 saturated carbocycles. The molecule has 0 spiro atoms. The largest absolute Gasteiger partial charge is 0.396 e. The molecule has 0 aromatic heterocycles. The van der Waals surface area contributed by atoms with E-state index in [1.54, 1.807) is 0 Å². The van der Waals surface area contributed by atoms with Crippen molar-refractivity contribution >= 4 is 19.9 Å². The van der Waals surface area contributed by atoms with Gasteiger partial charge in [-0.2, -0.15) is 0 Å². The van der Waals surface area contributed by atoms with Gasteiger partial charge in [-0.05, 0) is 12.8 Å². The van der Waals surface area contributed by atoms with Crippen molar-refractivity contribution in [2.45, 2.75) is 12.8 Å². The lowest BCUT2D eigenvalue weighted by molar-refractivity contribution is 0.287. The first-order chi connectivity index (χ1) is 7.19. The first-order valence-corrected chi connectivity index (χ1v) is 8.58. The maximum absolute atomic E-state index is 11.6. The molecule has 0 atom stereocenters. The van der Waals surface area contributed by atoms with Gasteiger partial charge < -0.3 is 5.11 Å². The molecule has 0 bridgehead atoms. The summed E-state index contributed by atoms with van der Waals surface area (Å²) in [5.41, 5.74) is 0. The zero-order chi connectivity index (χ0) is 12.8. The fourth-order valence-corrected chi connectivity index (χ4v) is 2.96. The van der Waals surface area contributed by atoms with E-state index < -0.39 is 19.9 Å². The van der Waals surface area contributed by atoms with Crippen molar-refractivity contribution in [2.24, 2.45) is 0 Å². The van der Waals surface area contributed by atoms with Gasteiger partial charge in [-0.3, -0.25) is 0 Å². The van der Waals surface area contributed by atoms with Crippen LogP contribution in [0.1, 0.15) is 12.8 Å². The van der Waals surface area contributed by atoms with E-state index in [4.69, 9.17) is 5.11 Å². The standard InChI is InChI=1S/C8H19NO5S2/c1-9(5-8-15(2,11)12)16(13,14)7-4-3-6-10/h10H,3-8H2,1-2H3. The van der Waals surface area contributed by atoms with Crippen molar-refractivity contribution in [2.75, 3.05) is 38.0 Å². The van der Waals surface area contributed by atoms with Crippen LogP contribution in [-0.4, -0.2) is 64.2 Å². The minimum atomic E-state index is -3.40. The van der Waals surface area contributed by atoms with Gasteiger partial charge in [-0.1, -0.05) is 0 Å². The second kappa shape index (κ2) is 6.53. The summed E-state index contributed by atoms with van der Waals surface area (Å²) in [4.78, 5) is 0. The lowest BCUT2D eigenvalue weighted by atomic mass is 10.4. The van der Waals surface area contributed by atoms with E-state index in [0.29, 0.717) is 12.8 Å². The van der Waals surface area contributed by atoms with Crippen molar-refractivity contribution in [1.29, 1.82) is 0 Å². The molecule has 0 aromatic carbocycles. The molecule has 0 amide bonds. The molecule has 1 N–H and O–H groups in total. The molecule has 98 valence electrons. The molecule has 0 aromatic rings. The molecule has 0 heterocycles. The summed E-state index contributed by atoms with van der Waals surface area (Å²) in [7, 11) is -5.19. The summed E-state index contributed by atoms with van der Waals surface area (Å²) in [5.74, 6) is -0.240. The van der Waals surface area contributed by atoms with Crippen molar-refractivity contribution in [3.63, 3.8) is 0 Å². The second-order valence-electron chi connectivity index (χ2n) is 3.70. The maximum atomic E-state index is 11.6. The molecular weight excluding hydrogens is 254 g/mol. The van der Waals surface area contributed by atoms with E-state index >= 15 is 0 Å². The van der Waals surface area contributed by atoms with Crippen LogP contribution in [0, 0.1) is 0 Å². The Balaban J connectivity index is 4.20. The van der Waals surface area contributed by atoms with Gasteiger partial charge in [0.2, 0.25) is 10.0 Å². The lowest BCUT2D eigenvalue weighted by Crippen LogP contribution is -2.33. The maximum Gasteiger partial charge on any atom is 0.213 e. The molecule has 0 radical (unpaired) electrons. The van der Waals surface area contributed by atoms with Gasteiger partial charge in [-0.25, -0.2) is 21.1 Å². The Morgan fingerprint density at radius 2 is 1.62 bits per heavy atom. The third-order valence-corrected chi connectivity index (χ3v) is 4.92. The molecule has 0 rings (SSSR count). The lowest BCUT2D eigenvalue weighted by Gasteiger charge is -2.16. The fourth-order valence-electron chi connectivity index (χ4n) is 0.986. The number of sulfone groups is 1. The number of aliphatic hydroxyl groups excluding tert-OH is 1. The second-order valence-corrected chi connectivity index (χ2v) is 8.15. The number of hydrogen-bond acceptors (Lipinski definition) is 5. The Kier molecular flexibility index (Phi) is 6.46. The molecule has 0 unspecified atom stereocenters. The van der Waals surface area contributed by atoms with E-state index in [0.717, 1.165) is 10.6 Å². The number of rotatable bonds is 8. The Morgan fingerprint density at radius 3 is 2.06 bits per heavy atom. The smallest absolute Gasteiger partial charge is 0.213 e. The molecule has 0 aliphatic rings. The molecular formula is C8H19NO5S2. The van der Waals surface area contributed by atoms with Gasteiger partial charge >= 0.3 is 0 Å². The number of nitrogens with zero attached hydrogens (tertiary/aromatic N) is 1. The van der Waals surface area contributed by atoms with Crippen LogP contribution in [0.4, 0.5) is 0 Å². The van der Waals surface area contributed by atoms with Gasteiger partial charge in [0.1, 0.15) is 9.84 Å². The van der Waals surface area contributed by atoms with Crippen LogP contribution in [0.15, 0.2) is 0 Å². The van der Waals surface area contributed by atoms with Gasteiger partial charge in [0, 0.05) is 26.5 Å². The summed E-state index contributed by atoms with van der Waals surface area (Å²) < 4.78 is 45.9. The summed E-state index contributed by atoms with van der Waals surface area (Å²) in [6.07, 6.45) is 1.88. The van der Waals surface area contributed by atoms with E-state index in [9.17, 15) is 16.8 Å². The van der Waals surface area contributed by atoms with Gasteiger partial charge in [-0.15, -0.1) is 0 Å². The van der Waals surface area contributed by atoms with Gasteiger partial charge in [0.25, 0.3) is 0 Å². The molecule has 6 nitrogen and oxygen atoms in total. The monoisotopic (exact) mass is 273 g/mol. The first-order valence-electron chi connectivity index (χ1n) is 4.91. The van der Waals surface area contributed by atoms with E-state index in [-0.39, 0.29) is 24.7 Å². The van der Waals surface area contributed by atoms with Crippen LogP contribution in [0.5, 0.6) is 0 Å². The highest BCUT2D eigenvalue weighted by atomic mass is 32.2. The average Bonchev–Trinajstić information content (AvgIpc) is 2.13. The third kappa shape index (κ3) is 7.15. The Morgan fingerprint density at radius 1 is 1.06 bits per heavy atom. The minimum Gasteiger partial charge on any atom is -0.396 e. The average molecular weight is 273 g/mol. The predicted octanol–water partition coefficient (Wildman–Crippen LogP) is -0.935. The molecule has 0 aliphatic carbocycles. The van der Waals surface area contributed by atoms with Crippen LogP contribution >= 0.6 is 0 Å². The predicted molar refractivity (Wildman–Crippen MR) is 62.4 cm³/mol. The van der Waals surface area contributed by atoms with Crippen molar-refractivity contribution in [3.8, 4) is 0 Å². The van der Waals surface area contributed by atoms with Crippen LogP contribution in [0.2, 0.25) is 0 Å². The Hall–Kier alpha value is -0.180. The topological polar surface area (TPSA) is 91.8 Å². The first kappa shape index (κ1) is 15.8. The zero-order valence-electron chi connectivity index (χ0n) is 9.59. The van der Waals surface area contributed by atoms with Crippen LogP contribution in [0.3, 0.4) is 0 Å². The van der Waals surface area contributed by atoms with Crippen molar-refractivity contribution < 1.29 is 21.9 Å². The Bertz CT molecular complexity index is 387. The van der Waals surface area contributed by atoms with Gasteiger partial charge in [0.05, 0.1) is 11.5 Å². The van der Waals surface area contributed by atoms with Crippen LogP contribution < -0.4 is 0 Å². The molecule has 0 fully saturated rings. The van der Waals surface area contributed by atoms with Crippen LogP contribution in [0.25, 0.3) is 0 Å². The van der Waals surface area contributed by atoms with Crippen LogP contribution in [-0.2, 0) is 19.9 Å². The highest BCUT2D eigenvalue weighted by Crippen LogP contribution is 2.02. The fraction of sp³-hybridized carbons (Fsp3) is 1.00. The zero-order valence-corrected chi connectivity index (χ0v) is 11.2. The SMILES string of the molecule is CN(CCS(C)(=O)=O)S(=O)(=O)CCCCO. The summed E-state index contributed by atoms with van der Waals surface area (Å²) >= 11 is 0. The number of hydrogen-bond donors (Lipinski definition) is 1. The normalized spacial score (nSPS) is 13.2. The van der Waals surface area contributed by atoms with E-state index in [2.05, 4.69) is 0 Å². The van der Waals surface area contributed by atoms with Crippen molar-refractivity contribution in [1.82, 2.24) is 4.31 Å². The molecule has 16 heavy (non-hydrogen) atoms. The summed E-state index contributed by atoms with van der Waals surface area (Å²) in [5, 5.41) is 8.52. The van der Waals surface area contributed by atoms with Crippen molar-refractivity contribution in [3.05, 3.63) is 0 Å². The number of unbranched alkanes of at least 4 members (excludes halogenated alkanes) is 1. The number of aliphatic hydroxyl groups is 1. The minimum absolute atomic E-state index is 0.0275. The number of sulfonamides is 1. The van der Waals surface area contributed by atoms with E-state index in [1.165, 1.54) is 7.05 Å². The molecule has 0 saturated heterocycles. The third-order valence-electron chi connectivity index (χ3n) is 2.06. The molecule has 8 heteroatoms.